The molecule has 0 aliphatic rings. The number of hydrogen-bond donors (Lipinski definition) is 2. The fourth-order valence-electron chi connectivity index (χ4n) is 2.05. The molecular formula is C17H19N5O. The lowest BCUT2D eigenvalue weighted by Gasteiger charge is -2.24. The van der Waals surface area contributed by atoms with Gasteiger partial charge in [-0.2, -0.15) is 5.26 Å². The zero-order valence-corrected chi connectivity index (χ0v) is 13.4. The molecule has 2 aromatic rings. The predicted molar refractivity (Wildman–Crippen MR) is 89.8 cm³/mol. The number of nitrogens with two attached hydrogens (primary N) is 1. The highest BCUT2D eigenvalue weighted by Crippen LogP contribution is 2.25. The number of pyridine rings is 1. The van der Waals surface area contributed by atoms with Crippen LogP contribution in [-0.2, 0) is 5.41 Å². The van der Waals surface area contributed by atoms with E-state index in [1.54, 1.807) is 24.3 Å². The topological polar surface area (TPSA) is 95.0 Å². The van der Waals surface area contributed by atoms with Gasteiger partial charge in [0, 0.05) is 6.20 Å². The highest BCUT2D eigenvalue weighted by atomic mass is 16.2. The van der Waals surface area contributed by atoms with Gasteiger partial charge in [-0.1, -0.05) is 32.9 Å². The molecule has 3 N–H and O–H groups in total. The molecule has 6 heteroatoms. The zero-order chi connectivity index (χ0) is 17.0. The third-order valence-electron chi connectivity index (χ3n) is 3.36. The van der Waals surface area contributed by atoms with Gasteiger partial charge in [-0.05, 0) is 35.2 Å². The third-order valence-corrected chi connectivity index (χ3v) is 3.36. The maximum Gasteiger partial charge on any atom is 0.338 e. The zero-order valence-electron chi connectivity index (χ0n) is 13.4. The van der Waals surface area contributed by atoms with Crippen LogP contribution >= 0.6 is 0 Å². The number of hydrogen-bond acceptors (Lipinski definition) is 4. The number of amides is 2. The summed E-state index contributed by atoms with van der Waals surface area (Å²) in [6.07, 6.45) is 1.53. The average Bonchev–Trinajstić information content (AvgIpc) is 2.52. The maximum absolute atomic E-state index is 11.8. The summed E-state index contributed by atoms with van der Waals surface area (Å²) in [4.78, 5) is 15.8. The van der Waals surface area contributed by atoms with Crippen molar-refractivity contribution in [1.29, 1.82) is 5.26 Å². The van der Waals surface area contributed by atoms with Crippen LogP contribution in [0.1, 0.15) is 31.9 Å². The van der Waals surface area contributed by atoms with Crippen molar-refractivity contribution in [3.05, 3.63) is 53.7 Å². The smallest absolute Gasteiger partial charge is 0.338 e. The summed E-state index contributed by atoms with van der Waals surface area (Å²) in [7, 11) is 0. The minimum absolute atomic E-state index is 0.0124. The minimum atomic E-state index is -0.692. The molecule has 118 valence electrons. The molecule has 0 fully saturated rings. The number of aromatic nitrogens is 1. The fraction of sp³-hybridized carbons (Fsp3) is 0.235. The van der Waals surface area contributed by atoms with E-state index < -0.39 is 6.03 Å². The van der Waals surface area contributed by atoms with E-state index in [1.165, 1.54) is 6.20 Å². The van der Waals surface area contributed by atoms with Crippen molar-refractivity contribution in [2.24, 2.45) is 5.73 Å². The Bertz CT molecular complexity index is 741. The molecule has 2 rings (SSSR count). The van der Waals surface area contributed by atoms with Crippen molar-refractivity contribution in [2.75, 3.05) is 10.4 Å². The van der Waals surface area contributed by atoms with Gasteiger partial charge in [-0.3, -0.25) is 5.43 Å². The Kier molecular flexibility index (Phi) is 4.51. The van der Waals surface area contributed by atoms with E-state index in [2.05, 4.69) is 31.2 Å². The van der Waals surface area contributed by atoms with Gasteiger partial charge >= 0.3 is 6.03 Å². The van der Waals surface area contributed by atoms with Gasteiger partial charge in [-0.25, -0.2) is 14.8 Å². The Labute approximate surface area is 135 Å². The second-order valence-corrected chi connectivity index (χ2v) is 6.09. The lowest BCUT2D eigenvalue weighted by Crippen LogP contribution is -2.41. The molecule has 1 heterocycles. The number of nitrogens with zero attached hydrogens (tertiary/aromatic N) is 3. The number of primary amides is 1. The lowest BCUT2D eigenvalue weighted by atomic mass is 9.87. The average molecular weight is 309 g/mol. The summed E-state index contributed by atoms with van der Waals surface area (Å²) < 4.78 is 0. The molecule has 6 nitrogen and oxygen atoms in total. The molecule has 2 amide bonds. The Morgan fingerprint density at radius 1 is 1.26 bits per heavy atom. The number of anilines is 2. The number of carbonyl (C=O) groups is 1. The summed E-state index contributed by atoms with van der Waals surface area (Å²) in [6.45, 7) is 6.33. The van der Waals surface area contributed by atoms with Crippen LogP contribution in [0.2, 0.25) is 0 Å². The van der Waals surface area contributed by atoms with Crippen LogP contribution in [0.15, 0.2) is 42.6 Å². The molecule has 0 spiro atoms. The molecule has 0 aliphatic heterocycles. The highest BCUT2D eigenvalue weighted by molar-refractivity contribution is 5.92. The van der Waals surface area contributed by atoms with Gasteiger partial charge in [0.1, 0.15) is 6.07 Å². The lowest BCUT2D eigenvalue weighted by molar-refractivity contribution is 0.255. The van der Waals surface area contributed by atoms with Gasteiger partial charge < -0.3 is 5.73 Å². The normalized spacial score (nSPS) is 10.7. The number of benzene rings is 1. The van der Waals surface area contributed by atoms with Gasteiger partial charge in [0.15, 0.2) is 5.82 Å². The SMILES string of the molecule is CC(C)(C)c1ccc(N(Nc2ncccc2C#N)C(N)=O)cc1. The largest absolute Gasteiger partial charge is 0.350 e. The number of urea groups is 1. The highest BCUT2D eigenvalue weighted by Gasteiger charge is 2.17. The van der Waals surface area contributed by atoms with E-state index in [1.807, 2.05) is 18.2 Å². The summed E-state index contributed by atoms with van der Waals surface area (Å²) >= 11 is 0. The van der Waals surface area contributed by atoms with Crippen molar-refractivity contribution >= 4 is 17.5 Å². The Balaban J connectivity index is 2.33. The van der Waals surface area contributed by atoms with E-state index in [0.29, 0.717) is 11.3 Å². The van der Waals surface area contributed by atoms with E-state index in [-0.39, 0.29) is 11.2 Å². The quantitative estimate of drug-likeness (QED) is 0.851. The number of nitriles is 1. The van der Waals surface area contributed by atoms with Gasteiger partial charge in [0.25, 0.3) is 0 Å². The van der Waals surface area contributed by atoms with Crippen LogP contribution in [0, 0.1) is 11.3 Å². The first-order valence-electron chi connectivity index (χ1n) is 7.15. The molecule has 0 atom stereocenters. The first-order valence-corrected chi connectivity index (χ1v) is 7.15. The molecule has 0 bridgehead atoms. The van der Waals surface area contributed by atoms with Gasteiger partial charge in [0.2, 0.25) is 0 Å². The predicted octanol–water partition coefficient (Wildman–Crippen LogP) is 3.16. The summed E-state index contributed by atoms with van der Waals surface area (Å²) in [5, 5.41) is 10.3. The van der Waals surface area contributed by atoms with Crippen LogP contribution in [0.4, 0.5) is 16.3 Å². The Morgan fingerprint density at radius 3 is 2.43 bits per heavy atom. The molecule has 0 aliphatic carbocycles. The minimum Gasteiger partial charge on any atom is -0.350 e. The van der Waals surface area contributed by atoms with Crippen molar-refractivity contribution < 1.29 is 4.79 Å². The number of hydrazine groups is 1. The van der Waals surface area contributed by atoms with Gasteiger partial charge in [0.05, 0.1) is 11.3 Å². The molecule has 1 aromatic heterocycles. The third kappa shape index (κ3) is 3.77. The standard InChI is InChI=1S/C17H19N5O/c1-17(2,3)13-6-8-14(9-7-13)22(16(19)23)21-15-12(11-18)5-4-10-20-15/h4-10H,1-3H3,(H2,19,23)(H,20,21). The monoisotopic (exact) mass is 309 g/mol. The molecule has 0 saturated heterocycles. The van der Waals surface area contributed by atoms with Crippen LogP contribution in [0.3, 0.4) is 0 Å². The Morgan fingerprint density at radius 2 is 1.91 bits per heavy atom. The Hall–Kier alpha value is -3.07. The van der Waals surface area contributed by atoms with Gasteiger partial charge in [-0.15, -0.1) is 0 Å². The second-order valence-electron chi connectivity index (χ2n) is 6.09. The number of carbonyl (C=O) groups excluding carboxylic acids is 1. The van der Waals surface area contributed by atoms with Crippen molar-refractivity contribution in [2.45, 2.75) is 26.2 Å². The van der Waals surface area contributed by atoms with Crippen LogP contribution in [0.25, 0.3) is 0 Å². The number of nitrogens with one attached hydrogen (secondary N) is 1. The van der Waals surface area contributed by atoms with Crippen molar-refractivity contribution in [3.63, 3.8) is 0 Å². The van der Waals surface area contributed by atoms with E-state index in [0.717, 1.165) is 10.6 Å². The molecule has 0 saturated carbocycles. The first kappa shape index (κ1) is 16.3. The molecule has 23 heavy (non-hydrogen) atoms. The van der Waals surface area contributed by atoms with E-state index in [4.69, 9.17) is 11.0 Å². The molecule has 0 radical (unpaired) electrons. The summed E-state index contributed by atoms with van der Waals surface area (Å²) in [6, 6.07) is 12.1. The maximum atomic E-state index is 11.8. The summed E-state index contributed by atoms with van der Waals surface area (Å²) in [5.74, 6) is 0.272. The molecular weight excluding hydrogens is 290 g/mol. The first-order chi connectivity index (χ1) is 10.8. The second kappa shape index (κ2) is 6.36. The van der Waals surface area contributed by atoms with E-state index >= 15 is 0 Å². The molecule has 1 aromatic carbocycles. The van der Waals surface area contributed by atoms with E-state index in [9.17, 15) is 4.79 Å². The fourth-order valence-corrected chi connectivity index (χ4v) is 2.05. The summed E-state index contributed by atoms with van der Waals surface area (Å²) in [5.41, 5.74) is 10.3. The number of rotatable bonds is 3. The van der Waals surface area contributed by atoms with Crippen LogP contribution in [-0.4, -0.2) is 11.0 Å². The van der Waals surface area contributed by atoms with Crippen molar-refractivity contribution in [1.82, 2.24) is 4.98 Å². The van der Waals surface area contributed by atoms with Crippen LogP contribution < -0.4 is 16.2 Å². The van der Waals surface area contributed by atoms with Crippen LogP contribution in [0.5, 0.6) is 0 Å². The molecule has 0 unspecified atom stereocenters. The van der Waals surface area contributed by atoms with Crippen molar-refractivity contribution in [3.8, 4) is 6.07 Å².